The third kappa shape index (κ3) is 3.91. The van der Waals surface area contributed by atoms with Crippen molar-refractivity contribution in [1.29, 1.82) is 0 Å². The van der Waals surface area contributed by atoms with Gasteiger partial charge in [0.15, 0.2) is 0 Å². The third-order valence-electron chi connectivity index (χ3n) is 3.42. The molecule has 1 rings (SSSR count). The first kappa shape index (κ1) is 15.9. The van der Waals surface area contributed by atoms with Gasteiger partial charge < -0.3 is 10.2 Å². The zero-order valence-electron chi connectivity index (χ0n) is 12.3. The Morgan fingerprint density at radius 2 is 1.89 bits per heavy atom. The summed E-state index contributed by atoms with van der Waals surface area (Å²) < 4.78 is 12.4. The molecule has 2 amide bonds. The maximum absolute atomic E-state index is 12.4. The van der Waals surface area contributed by atoms with E-state index in [-0.39, 0.29) is 17.7 Å². The molecule has 0 aliphatic carbocycles. The summed E-state index contributed by atoms with van der Waals surface area (Å²) in [4.78, 5) is 26.1. The highest BCUT2D eigenvalue weighted by Gasteiger charge is 2.41. The molecule has 2 atom stereocenters. The van der Waals surface area contributed by atoms with Crippen molar-refractivity contribution in [3.05, 3.63) is 0 Å². The zero-order valence-corrected chi connectivity index (χ0v) is 12.3. The first-order valence-electron chi connectivity index (χ1n) is 7.05. The minimum Gasteiger partial charge on any atom is -0.342 e. The van der Waals surface area contributed by atoms with Gasteiger partial charge in [0.25, 0.3) is 0 Å². The van der Waals surface area contributed by atoms with Crippen LogP contribution >= 0.6 is 0 Å². The van der Waals surface area contributed by atoms with E-state index >= 15 is 0 Å². The van der Waals surface area contributed by atoms with Crippen LogP contribution in [-0.4, -0.2) is 42.0 Å². The summed E-state index contributed by atoms with van der Waals surface area (Å²) in [7, 11) is 0. The lowest BCUT2D eigenvalue weighted by molar-refractivity contribution is -0.151. The van der Waals surface area contributed by atoms with Crippen LogP contribution in [0.15, 0.2) is 0 Å². The molecule has 1 fully saturated rings. The number of hydrogen-bond donors (Lipinski definition) is 1. The SMILES string of the molecule is CC(C)CC1C(=O)NC(C(C)C)C(=O)N1CCCF. The first-order chi connectivity index (χ1) is 8.88. The largest absolute Gasteiger partial charge is 0.342 e. The molecule has 0 aromatic heterocycles. The molecule has 1 saturated heterocycles. The van der Waals surface area contributed by atoms with Crippen molar-refractivity contribution in [3.8, 4) is 0 Å². The van der Waals surface area contributed by atoms with Crippen LogP contribution < -0.4 is 5.32 Å². The van der Waals surface area contributed by atoms with Crippen LogP contribution in [0.25, 0.3) is 0 Å². The number of carbonyl (C=O) groups is 2. The lowest BCUT2D eigenvalue weighted by atomic mass is 9.93. The molecule has 0 saturated carbocycles. The molecule has 1 N–H and O–H groups in total. The molecule has 1 aliphatic rings. The van der Waals surface area contributed by atoms with Gasteiger partial charge >= 0.3 is 0 Å². The molecule has 1 heterocycles. The Hall–Kier alpha value is -1.13. The normalized spacial score (nSPS) is 24.3. The molecular weight excluding hydrogens is 247 g/mol. The lowest BCUT2D eigenvalue weighted by Crippen LogP contribution is -2.65. The Kier molecular flexibility index (Phi) is 5.76. The van der Waals surface area contributed by atoms with Crippen LogP contribution in [0.4, 0.5) is 4.39 Å². The van der Waals surface area contributed by atoms with Gasteiger partial charge in [-0.3, -0.25) is 14.0 Å². The van der Waals surface area contributed by atoms with E-state index in [2.05, 4.69) is 5.32 Å². The molecular formula is C14H25FN2O2. The number of halogens is 1. The summed E-state index contributed by atoms with van der Waals surface area (Å²) >= 11 is 0. The summed E-state index contributed by atoms with van der Waals surface area (Å²) in [6.45, 7) is 7.69. The second-order valence-electron chi connectivity index (χ2n) is 5.95. The molecule has 0 aromatic carbocycles. The summed E-state index contributed by atoms with van der Waals surface area (Å²) in [5, 5.41) is 2.80. The van der Waals surface area contributed by atoms with Crippen LogP contribution in [0.5, 0.6) is 0 Å². The average Bonchev–Trinajstić information content (AvgIpc) is 2.32. The van der Waals surface area contributed by atoms with Crippen molar-refractivity contribution in [3.63, 3.8) is 0 Å². The van der Waals surface area contributed by atoms with Crippen LogP contribution in [0.3, 0.4) is 0 Å². The monoisotopic (exact) mass is 272 g/mol. The Bertz CT molecular complexity index is 331. The van der Waals surface area contributed by atoms with Gasteiger partial charge in [-0.25, -0.2) is 0 Å². The van der Waals surface area contributed by atoms with Gasteiger partial charge in [0, 0.05) is 6.54 Å². The van der Waals surface area contributed by atoms with Gasteiger partial charge in [-0.05, 0) is 24.7 Å². The van der Waals surface area contributed by atoms with Crippen molar-refractivity contribution >= 4 is 11.8 Å². The molecule has 19 heavy (non-hydrogen) atoms. The van der Waals surface area contributed by atoms with Crippen molar-refractivity contribution in [2.45, 2.75) is 52.6 Å². The molecule has 0 spiro atoms. The number of nitrogens with zero attached hydrogens (tertiary/aromatic N) is 1. The highest BCUT2D eigenvalue weighted by Crippen LogP contribution is 2.20. The zero-order chi connectivity index (χ0) is 14.6. The van der Waals surface area contributed by atoms with E-state index in [4.69, 9.17) is 0 Å². The topological polar surface area (TPSA) is 49.4 Å². The third-order valence-corrected chi connectivity index (χ3v) is 3.42. The number of piperazine rings is 1. The predicted octanol–water partition coefficient (Wildman–Crippen LogP) is 1.74. The quantitative estimate of drug-likeness (QED) is 0.800. The number of alkyl halides is 1. The van der Waals surface area contributed by atoms with E-state index in [0.717, 1.165) is 0 Å². The van der Waals surface area contributed by atoms with E-state index in [1.54, 1.807) is 4.90 Å². The molecule has 1 aliphatic heterocycles. The highest BCUT2D eigenvalue weighted by atomic mass is 19.1. The standard InChI is InChI=1S/C14H25FN2O2/c1-9(2)8-11-13(18)16-12(10(3)4)14(19)17(11)7-5-6-15/h9-12H,5-8H2,1-4H3,(H,16,18). The van der Waals surface area contributed by atoms with Crippen LogP contribution in [-0.2, 0) is 9.59 Å². The van der Waals surface area contributed by atoms with Gasteiger partial charge in [0.1, 0.15) is 12.1 Å². The molecule has 4 nitrogen and oxygen atoms in total. The van der Waals surface area contributed by atoms with Gasteiger partial charge in [-0.1, -0.05) is 27.7 Å². The average molecular weight is 272 g/mol. The van der Waals surface area contributed by atoms with Crippen LogP contribution in [0.2, 0.25) is 0 Å². The first-order valence-corrected chi connectivity index (χ1v) is 7.05. The summed E-state index contributed by atoms with van der Waals surface area (Å²) in [6, 6.07) is -0.926. The Labute approximate surface area is 114 Å². The van der Waals surface area contributed by atoms with E-state index in [1.807, 2.05) is 27.7 Å². The molecule has 0 radical (unpaired) electrons. The maximum Gasteiger partial charge on any atom is 0.246 e. The molecule has 2 unspecified atom stereocenters. The Morgan fingerprint density at radius 1 is 1.26 bits per heavy atom. The summed E-state index contributed by atoms with van der Waals surface area (Å²) in [5.41, 5.74) is 0. The second kappa shape index (κ2) is 6.87. The highest BCUT2D eigenvalue weighted by molar-refractivity contribution is 5.97. The lowest BCUT2D eigenvalue weighted by Gasteiger charge is -2.41. The summed E-state index contributed by atoms with van der Waals surface area (Å²) in [6.07, 6.45) is 0.910. The fourth-order valence-corrected chi connectivity index (χ4v) is 2.41. The molecule has 0 aromatic rings. The summed E-state index contributed by atoms with van der Waals surface area (Å²) in [5.74, 6) is 0.177. The number of hydrogen-bond acceptors (Lipinski definition) is 2. The molecule has 5 heteroatoms. The van der Waals surface area contributed by atoms with Crippen molar-refractivity contribution in [2.24, 2.45) is 11.8 Å². The van der Waals surface area contributed by atoms with Crippen LogP contribution in [0.1, 0.15) is 40.5 Å². The fraction of sp³-hybridized carbons (Fsp3) is 0.857. The van der Waals surface area contributed by atoms with E-state index in [1.165, 1.54) is 0 Å². The van der Waals surface area contributed by atoms with Gasteiger partial charge in [-0.15, -0.1) is 0 Å². The molecule has 110 valence electrons. The van der Waals surface area contributed by atoms with Crippen molar-refractivity contribution in [2.75, 3.05) is 13.2 Å². The number of carbonyl (C=O) groups excluding carboxylic acids is 2. The van der Waals surface area contributed by atoms with Crippen molar-refractivity contribution < 1.29 is 14.0 Å². The Balaban J connectivity index is 2.89. The van der Waals surface area contributed by atoms with E-state index in [0.29, 0.717) is 25.3 Å². The predicted molar refractivity (Wildman–Crippen MR) is 72.3 cm³/mol. The maximum atomic E-state index is 12.4. The Morgan fingerprint density at radius 3 is 2.37 bits per heavy atom. The minimum atomic E-state index is -0.476. The number of nitrogens with one attached hydrogen (secondary N) is 1. The van der Waals surface area contributed by atoms with Gasteiger partial charge in [-0.2, -0.15) is 0 Å². The number of amides is 2. The second-order valence-corrected chi connectivity index (χ2v) is 5.95. The van der Waals surface area contributed by atoms with Crippen molar-refractivity contribution in [1.82, 2.24) is 10.2 Å². The van der Waals surface area contributed by atoms with Gasteiger partial charge in [0.05, 0.1) is 6.67 Å². The molecule has 0 bridgehead atoms. The smallest absolute Gasteiger partial charge is 0.246 e. The van der Waals surface area contributed by atoms with Crippen LogP contribution in [0, 0.1) is 11.8 Å². The van der Waals surface area contributed by atoms with E-state index < -0.39 is 18.8 Å². The van der Waals surface area contributed by atoms with E-state index in [9.17, 15) is 14.0 Å². The van der Waals surface area contributed by atoms with Gasteiger partial charge in [0.2, 0.25) is 11.8 Å². The minimum absolute atomic E-state index is 0.0457. The number of rotatable bonds is 6. The fourth-order valence-electron chi connectivity index (χ4n) is 2.41.